The van der Waals surface area contributed by atoms with Gasteiger partial charge in [-0.25, -0.2) is 13.1 Å². The number of nitro benzene ring substituents is 1. The maximum Gasteiger partial charge on any atom is 0.270 e. The molecule has 0 aliphatic rings. The number of aromatic nitrogens is 1. The van der Waals surface area contributed by atoms with Gasteiger partial charge in [0, 0.05) is 18.2 Å². The summed E-state index contributed by atoms with van der Waals surface area (Å²) in [6.07, 6.45) is 0. The van der Waals surface area contributed by atoms with Crippen LogP contribution < -0.4 is 4.72 Å². The summed E-state index contributed by atoms with van der Waals surface area (Å²) in [6.45, 7) is 1.63. The Kier molecular flexibility index (Phi) is 3.81. The third-order valence-corrected chi connectivity index (χ3v) is 3.86. The Bertz CT molecular complexity index is 738. The summed E-state index contributed by atoms with van der Waals surface area (Å²) in [6, 6.07) is 6.41. The maximum absolute atomic E-state index is 12.0. The molecule has 106 valence electrons. The first-order chi connectivity index (χ1) is 9.38. The lowest BCUT2D eigenvalue weighted by atomic mass is 10.3. The predicted octanol–water partition coefficient (Wildman–Crippen LogP) is 1.37. The Morgan fingerprint density at radius 2 is 2.15 bits per heavy atom. The number of hydrogen-bond acceptors (Lipinski definition) is 6. The summed E-state index contributed by atoms with van der Waals surface area (Å²) in [5, 5.41) is 14.3. The number of sulfonamides is 1. The van der Waals surface area contributed by atoms with Crippen molar-refractivity contribution in [2.75, 3.05) is 0 Å². The van der Waals surface area contributed by atoms with Crippen molar-refractivity contribution in [1.82, 2.24) is 9.88 Å². The molecule has 0 atom stereocenters. The van der Waals surface area contributed by atoms with Gasteiger partial charge in [0.05, 0.1) is 22.1 Å². The van der Waals surface area contributed by atoms with Gasteiger partial charge < -0.3 is 4.52 Å². The van der Waals surface area contributed by atoms with Crippen LogP contribution in [0.5, 0.6) is 0 Å². The van der Waals surface area contributed by atoms with Gasteiger partial charge in [0.1, 0.15) is 5.76 Å². The molecule has 1 aromatic heterocycles. The van der Waals surface area contributed by atoms with Gasteiger partial charge >= 0.3 is 0 Å². The van der Waals surface area contributed by atoms with E-state index >= 15 is 0 Å². The topological polar surface area (TPSA) is 115 Å². The summed E-state index contributed by atoms with van der Waals surface area (Å²) in [5.74, 6) is 0.564. The second kappa shape index (κ2) is 5.39. The molecule has 1 aromatic carbocycles. The van der Waals surface area contributed by atoms with Gasteiger partial charge in [-0.3, -0.25) is 10.1 Å². The Hall–Kier alpha value is -2.26. The van der Waals surface area contributed by atoms with E-state index in [9.17, 15) is 18.5 Å². The normalized spacial score (nSPS) is 11.4. The van der Waals surface area contributed by atoms with Crippen molar-refractivity contribution in [1.29, 1.82) is 0 Å². The fourth-order valence-electron chi connectivity index (χ4n) is 1.52. The van der Waals surface area contributed by atoms with Crippen LogP contribution in [0, 0.1) is 17.0 Å². The number of hydrogen-bond donors (Lipinski definition) is 1. The Labute approximate surface area is 114 Å². The van der Waals surface area contributed by atoms with Crippen molar-refractivity contribution < 1.29 is 17.9 Å². The fraction of sp³-hybridized carbons (Fsp3) is 0.182. The Morgan fingerprint density at radius 3 is 2.75 bits per heavy atom. The SMILES string of the molecule is Cc1cc(CNS(=O)(=O)c2cccc([N+](=O)[O-])c2)no1. The highest BCUT2D eigenvalue weighted by Crippen LogP contribution is 2.17. The molecule has 20 heavy (non-hydrogen) atoms. The average molecular weight is 297 g/mol. The lowest BCUT2D eigenvalue weighted by Gasteiger charge is -2.04. The summed E-state index contributed by atoms with van der Waals surface area (Å²) in [7, 11) is -3.84. The second-order valence-electron chi connectivity index (χ2n) is 4.01. The summed E-state index contributed by atoms with van der Waals surface area (Å²) < 4.78 is 31.1. The highest BCUT2D eigenvalue weighted by Gasteiger charge is 2.17. The Balaban J connectivity index is 2.17. The molecule has 0 unspecified atom stereocenters. The standard InChI is InChI=1S/C11H11N3O5S/c1-8-5-9(13-19-8)7-12-20(17,18)11-4-2-3-10(6-11)14(15)16/h2-6,12H,7H2,1H3. The zero-order valence-electron chi connectivity index (χ0n) is 10.4. The molecule has 0 spiro atoms. The van der Waals surface area contributed by atoms with Crippen LogP contribution in [0.3, 0.4) is 0 Å². The molecule has 9 heteroatoms. The fourth-order valence-corrected chi connectivity index (χ4v) is 2.56. The zero-order chi connectivity index (χ0) is 14.8. The van der Waals surface area contributed by atoms with E-state index < -0.39 is 14.9 Å². The van der Waals surface area contributed by atoms with Crippen LogP contribution >= 0.6 is 0 Å². The second-order valence-corrected chi connectivity index (χ2v) is 5.77. The van der Waals surface area contributed by atoms with E-state index in [1.165, 1.54) is 18.2 Å². The number of benzene rings is 1. The van der Waals surface area contributed by atoms with Crippen LogP contribution in [0.1, 0.15) is 11.5 Å². The molecule has 0 saturated heterocycles. The molecule has 8 nitrogen and oxygen atoms in total. The zero-order valence-corrected chi connectivity index (χ0v) is 11.3. The Morgan fingerprint density at radius 1 is 1.40 bits per heavy atom. The largest absolute Gasteiger partial charge is 0.361 e. The molecule has 0 saturated carbocycles. The quantitative estimate of drug-likeness (QED) is 0.658. The van der Waals surface area contributed by atoms with Crippen LogP contribution in [0.4, 0.5) is 5.69 Å². The van der Waals surface area contributed by atoms with Gasteiger partial charge in [0.15, 0.2) is 0 Å². The summed E-state index contributed by atoms with van der Waals surface area (Å²) in [4.78, 5) is 9.80. The van der Waals surface area contributed by atoms with E-state index in [0.29, 0.717) is 11.5 Å². The molecule has 0 fully saturated rings. The van der Waals surface area contributed by atoms with Gasteiger partial charge in [0.2, 0.25) is 10.0 Å². The molecular formula is C11H11N3O5S. The van der Waals surface area contributed by atoms with Crippen LogP contribution in [-0.2, 0) is 16.6 Å². The van der Waals surface area contributed by atoms with E-state index in [1.807, 2.05) is 0 Å². The number of aryl methyl sites for hydroxylation is 1. The van der Waals surface area contributed by atoms with Gasteiger partial charge in [0.25, 0.3) is 5.69 Å². The van der Waals surface area contributed by atoms with Crippen LogP contribution in [-0.4, -0.2) is 18.5 Å². The molecule has 2 rings (SSSR count). The summed E-state index contributed by atoms with van der Waals surface area (Å²) in [5.41, 5.74) is 0.140. The number of nitrogens with one attached hydrogen (secondary N) is 1. The molecular weight excluding hydrogens is 286 g/mol. The monoisotopic (exact) mass is 297 g/mol. The molecule has 0 amide bonds. The molecule has 2 aromatic rings. The molecule has 0 aliphatic heterocycles. The molecule has 1 heterocycles. The molecule has 0 bridgehead atoms. The number of non-ortho nitro benzene ring substituents is 1. The molecule has 0 radical (unpaired) electrons. The first-order valence-corrected chi connectivity index (χ1v) is 7.03. The van der Waals surface area contributed by atoms with Crippen molar-refractivity contribution in [3.8, 4) is 0 Å². The smallest absolute Gasteiger partial charge is 0.270 e. The average Bonchev–Trinajstić information content (AvgIpc) is 2.82. The van der Waals surface area contributed by atoms with Crippen molar-refractivity contribution in [2.45, 2.75) is 18.4 Å². The van der Waals surface area contributed by atoms with Crippen LogP contribution in [0.15, 0.2) is 39.8 Å². The first-order valence-electron chi connectivity index (χ1n) is 5.55. The van der Waals surface area contributed by atoms with E-state index in [4.69, 9.17) is 4.52 Å². The minimum absolute atomic E-state index is 0.0532. The lowest BCUT2D eigenvalue weighted by Crippen LogP contribution is -2.23. The number of rotatable bonds is 5. The van der Waals surface area contributed by atoms with Crippen molar-refractivity contribution in [2.24, 2.45) is 0 Å². The number of nitrogens with zero attached hydrogens (tertiary/aromatic N) is 2. The van der Waals surface area contributed by atoms with Gasteiger partial charge in [-0.05, 0) is 13.0 Å². The van der Waals surface area contributed by atoms with Gasteiger partial charge in [-0.15, -0.1) is 0 Å². The van der Waals surface area contributed by atoms with Gasteiger partial charge in [-0.1, -0.05) is 11.2 Å². The maximum atomic E-state index is 12.0. The molecule has 1 N–H and O–H groups in total. The van der Waals surface area contributed by atoms with E-state index in [2.05, 4.69) is 9.88 Å². The third kappa shape index (κ3) is 3.19. The van der Waals surface area contributed by atoms with E-state index in [-0.39, 0.29) is 17.1 Å². The van der Waals surface area contributed by atoms with Crippen LogP contribution in [0.25, 0.3) is 0 Å². The van der Waals surface area contributed by atoms with Crippen molar-refractivity contribution in [3.63, 3.8) is 0 Å². The van der Waals surface area contributed by atoms with Crippen LogP contribution in [0.2, 0.25) is 0 Å². The highest BCUT2D eigenvalue weighted by atomic mass is 32.2. The predicted molar refractivity (Wildman–Crippen MR) is 68.4 cm³/mol. The minimum Gasteiger partial charge on any atom is -0.361 e. The summed E-state index contributed by atoms with van der Waals surface area (Å²) >= 11 is 0. The third-order valence-electron chi connectivity index (χ3n) is 2.46. The lowest BCUT2D eigenvalue weighted by molar-refractivity contribution is -0.385. The van der Waals surface area contributed by atoms with E-state index in [1.54, 1.807) is 13.0 Å². The highest BCUT2D eigenvalue weighted by molar-refractivity contribution is 7.89. The van der Waals surface area contributed by atoms with E-state index in [0.717, 1.165) is 6.07 Å². The van der Waals surface area contributed by atoms with Gasteiger partial charge in [-0.2, -0.15) is 0 Å². The minimum atomic E-state index is -3.84. The van der Waals surface area contributed by atoms with Crippen molar-refractivity contribution in [3.05, 3.63) is 51.9 Å². The van der Waals surface area contributed by atoms with Crippen molar-refractivity contribution >= 4 is 15.7 Å². The number of nitro groups is 1. The molecule has 0 aliphatic carbocycles. The first kappa shape index (κ1) is 14.2.